The van der Waals surface area contributed by atoms with Crippen LogP contribution in [-0.4, -0.2) is 29.7 Å². The molecule has 0 atom stereocenters. The van der Waals surface area contributed by atoms with Gasteiger partial charge in [0.2, 0.25) is 5.91 Å². The third-order valence-corrected chi connectivity index (χ3v) is 4.49. The maximum absolute atomic E-state index is 12.2. The third kappa shape index (κ3) is 5.59. The van der Waals surface area contributed by atoms with Crippen molar-refractivity contribution in [3.8, 4) is 5.75 Å². The number of amides is 1. The number of nitrogens with one attached hydrogen (secondary N) is 2. The summed E-state index contributed by atoms with van der Waals surface area (Å²) in [5, 5.41) is 11.0. The second kappa shape index (κ2) is 10.6. The molecule has 1 aromatic rings. The molecule has 1 amide bonds. The van der Waals surface area contributed by atoms with Crippen LogP contribution in [0.2, 0.25) is 0 Å². The van der Waals surface area contributed by atoms with Crippen molar-refractivity contribution in [2.24, 2.45) is 5.90 Å². The number of carbonyl (C=O) groups is 1. The fourth-order valence-electron chi connectivity index (χ4n) is 2.95. The molecule has 26 heavy (non-hydrogen) atoms. The molecule has 144 valence electrons. The van der Waals surface area contributed by atoms with Crippen LogP contribution >= 0.6 is 0 Å². The van der Waals surface area contributed by atoms with Gasteiger partial charge in [-0.05, 0) is 61.9 Å². The number of aryl methyl sites for hydroxylation is 1. The van der Waals surface area contributed by atoms with E-state index in [2.05, 4.69) is 5.32 Å². The van der Waals surface area contributed by atoms with Gasteiger partial charge >= 0.3 is 0 Å². The molecule has 1 aromatic carbocycles. The number of rotatable bonds is 5. The van der Waals surface area contributed by atoms with E-state index >= 15 is 0 Å². The Balaban J connectivity index is 0.00000163. The van der Waals surface area contributed by atoms with E-state index in [1.165, 1.54) is 6.08 Å². The lowest BCUT2D eigenvalue weighted by molar-refractivity contribution is -0.116. The Morgan fingerprint density at radius 3 is 2.50 bits per heavy atom. The molecule has 2 rings (SSSR count). The van der Waals surface area contributed by atoms with Gasteiger partial charge in [-0.3, -0.25) is 10.2 Å². The second-order valence-corrected chi connectivity index (χ2v) is 6.19. The zero-order chi connectivity index (χ0) is 19.7. The van der Waals surface area contributed by atoms with Crippen molar-refractivity contribution >= 4 is 11.7 Å². The average Bonchev–Trinajstić information content (AvgIpc) is 3.17. The van der Waals surface area contributed by atoms with Gasteiger partial charge in [0.25, 0.3) is 0 Å². The Morgan fingerprint density at radius 2 is 1.92 bits per heavy atom. The molecule has 0 saturated carbocycles. The van der Waals surface area contributed by atoms with Crippen LogP contribution in [0, 0.1) is 19.3 Å². The minimum absolute atomic E-state index is 0.200. The van der Waals surface area contributed by atoms with E-state index in [0.29, 0.717) is 23.7 Å². The van der Waals surface area contributed by atoms with Crippen LogP contribution in [0.3, 0.4) is 0 Å². The normalized spacial score (nSPS) is 13.8. The van der Waals surface area contributed by atoms with E-state index < -0.39 is 0 Å². The molecule has 6 heteroatoms. The van der Waals surface area contributed by atoms with Gasteiger partial charge in [-0.25, -0.2) is 0 Å². The molecule has 1 fully saturated rings. The molecule has 0 aromatic heterocycles. The van der Waals surface area contributed by atoms with Crippen LogP contribution in [0.4, 0.5) is 0 Å². The number of amidine groups is 1. The predicted molar refractivity (Wildman–Crippen MR) is 106 cm³/mol. The van der Waals surface area contributed by atoms with Crippen LogP contribution in [0.1, 0.15) is 50.3 Å². The van der Waals surface area contributed by atoms with Gasteiger partial charge in [0, 0.05) is 25.7 Å². The summed E-state index contributed by atoms with van der Waals surface area (Å²) in [4.78, 5) is 19.0. The molecule has 4 N–H and O–H groups in total. The van der Waals surface area contributed by atoms with Crippen LogP contribution in [-0.2, 0) is 11.3 Å². The summed E-state index contributed by atoms with van der Waals surface area (Å²) in [5.74, 6) is 6.10. The SMILES string of the molecule is C/C(=C/C(=O)NCc1c(C)ccc(ON)c1C)C(=N)N1CCCC1.CC. The maximum atomic E-state index is 12.2. The third-order valence-electron chi connectivity index (χ3n) is 4.49. The summed E-state index contributed by atoms with van der Waals surface area (Å²) in [7, 11) is 0. The standard InChI is InChI=1S/C18H26N4O2.C2H6/c1-12-6-7-16(24-20)14(3)15(12)11-21-17(23)10-13(2)18(19)22-8-4-5-9-22;1-2/h6-7,10,19H,4-5,8-9,11,20H2,1-3H3,(H,21,23);1-2H3/b13-10-,19-18?;. The molecule has 1 saturated heterocycles. The van der Waals surface area contributed by atoms with Crippen LogP contribution in [0.25, 0.3) is 0 Å². The highest BCUT2D eigenvalue weighted by atomic mass is 16.6. The predicted octanol–water partition coefficient (Wildman–Crippen LogP) is 3.22. The largest absolute Gasteiger partial charge is 0.411 e. The molecular weight excluding hydrogens is 328 g/mol. The molecule has 1 aliphatic rings. The van der Waals surface area contributed by atoms with E-state index in [1.807, 2.05) is 44.7 Å². The zero-order valence-electron chi connectivity index (χ0n) is 16.6. The summed E-state index contributed by atoms with van der Waals surface area (Å²) in [5.41, 5.74) is 3.66. The number of nitrogens with zero attached hydrogens (tertiary/aromatic N) is 1. The van der Waals surface area contributed by atoms with Gasteiger partial charge in [0.1, 0.15) is 11.6 Å². The first-order chi connectivity index (χ1) is 12.4. The van der Waals surface area contributed by atoms with E-state index in [0.717, 1.165) is 42.6 Å². The first-order valence-electron chi connectivity index (χ1n) is 9.20. The molecule has 1 aliphatic heterocycles. The zero-order valence-corrected chi connectivity index (χ0v) is 16.6. The van der Waals surface area contributed by atoms with Crippen LogP contribution in [0.15, 0.2) is 23.8 Å². The number of benzene rings is 1. The topological polar surface area (TPSA) is 91.4 Å². The van der Waals surface area contributed by atoms with Crippen molar-refractivity contribution in [3.05, 3.63) is 40.5 Å². The fourth-order valence-corrected chi connectivity index (χ4v) is 2.95. The van der Waals surface area contributed by atoms with Gasteiger partial charge in [-0.1, -0.05) is 19.9 Å². The van der Waals surface area contributed by atoms with Crippen LogP contribution in [0.5, 0.6) is 5.75 Å². The summed E-state index contributed by atoms with van der Waals surface area (Å²) < 4.78 is 0. The Morgan fingerprint density at radius 1 is 1.31 bits per heavy atom. The summed E-state index contributed by atoms with van der Waals surface area (Å²) in [6.45, 7) is 11.9. The molecule has 0 unspecified atom stereocenters. The molecule has 0 aliphatic carbocycles. The number of hydrogen-bond acceptors (Lipinski definition) is 4. The molecule has 6 nitrogen and oxygen atoms in total. The average molecular weight is 361 g/mol. The molecular formula is C20H32N4O2. The Labute approximate surface area is 156 Å². The summed E-state index contributed by atoms with van der Waals surface area (Å²) in [6, 6.07) is 3.73. The number of hydrogen-bond donors (Lipinski definition) is 3. The first kappa shape index (κ1) is 21.7. The van der Waals surface area contributed by atoms with E-state index in [4.69, 9.17) is 16.1 Å². The lowest BCUT2D eigenvalue weighted by Gasteiger charge is -2.18. The maximum Gasteiger partial charge on any atom is 0.244 e. The Kier molecular flexibility index (Phi) is 8.85. The van der Waals surface area contributed by atoms with E-state index in [1.54, 1.807) is 6.92 Å². The van der Waals surface area contributed by atoms with Gasteiger partial charge in [0.05, 0.1) is 0 Å². The number of nitrogens with two attached hydrogens (primary N) is 1. The molecule has 0 spiro atoms. The number of carbonyl (C=O) groups excluding carboxylic acids is 1. The number of likely N-dealkylation sites (tertiary alicyclic amines) is 1. The van der Waals surface area contributed by atoms with Crippen molar-refractivity contribution in [3.63, 3.8) is 0 Å². The van der Waals surface area contributed by atoms with Crippen molar-refractivity contribution in [1.82, 2.24) is 10.2 Å². The minimum atomic E-state index is -0.200. The smallest absolute Gasteiger partial charge is 0.244 e. The Bertz CT molecular complexity index is 662. The summed E-state index contributed by atoms with van der Waals surface area (Å²) >= 11 is 0. The fraction of sp³-hybridized carbons (Fsp3) is 0.500. The van der Waals surface area contributed by atoms with Gasteiger partial charge in [-0.2, -0.15) is 5.90 Å². The van der Waals surface area contributed by atoms with Gasteiger partial charge in [-0.15, -0.1) is 0 Å². The van der Waals surface area contributed by atoms with Crippen molar-refractivity contribution in [1.29, 1.82) is 5.41 Å². The highest BCUT2D eigenvalue weighted by Gasteiger charge is 2.16. The monoisotopic (exact) mass is 360 g/mol. The summed E-state index contributed by atoms with van der Waals surface area (Å²) in [6.07, 6.45) is 3.72. The van der Waals surface area contributed by atoms with E-state index in [-0.39, 0.29) is 5.91 Å². The second-order valence-electron chi connectivity index (χ2n) is 6.19. The van der Waals surface area contributed by atoms with Crippen molar-refractivity contribution < 1.29 is 9.63 Å². The molecule has 0 bridgehead atoms. The van der Waals surface area contributed by atoms with Crippen molar-refractivity contribution in [2.45, 2.75) is 54.0 Å². The van der Waals surface area contributed by atoms with Crippen LogP contribution < -0.4 is 16.1 Å². The Hall–Kier alpha value is -2.34. The quantitative estimate of drug-likeness (QED) is 0.325. The first-order valence-corrected chi connectivity index (χ1v) is 9.20. The van der Waals surface area contributed by atoms with Gasteiger partial charge in [0.15, 0.2) is 0 Å². The minimum Gasteiger partial charge on any atom is -0.411 e. The highest BCUT2D eigenvalue weighted by Crippen LogP contribution is 2.23. The van der Waals surface area contributed by atoms with Crippen molar-refractivity contribution in [2.75, 3.05) is 13.1 Å². The lowest BCUT2D eigenvalue weighted by atomic mass is 10.0. The van der Waals surface area contributed by atoms with Gasteiger partial charge < -0.3 is 15.1 Å². The van der Waals surface area contributed by atoms with E-state index in [9.17, 15) is 4.79 Å². The molecule has 1 heterocycles. The lowest BCUT2D eigenvalue weighted by Crippen LogP contribution is -2.29. The highest BCUT2D eigenvalue weighted by molar-refractivity contribution is 6.02. The molecule has 0 radical (unpaired) electrons.